The van der Waals surface area contributed by atoms with Crippen LogP contribution in [0, 0.1) is 19.8 Å². The largest absolute Gasteiger partial charge is 0.352 e. The lowest BCUT2D eigenvalue weighted by Crippen LogP contribution is -2.32. The highest BCUT2D eigenvalue weighted by molar-refractivity contribution is 6.30. The quantitative estimate of drug-likeness (QED) is 0.909. The summed E-state index contributed by atoms with van der Waals surface area (Å²) in [4.78, 5) is 26.5. The van der Waals surface area contributed by atoms with E-state index in [1.165, 1.54) is 5.56 Å². The van der Waals surface area contributed by atoms with Crippen molar-refractivity contribution in [2.24, 2.45) is 5.92 Å². The van der Waals surface area contributed by atoms with Crippen LogP contribution in [-0.4, -0.2) is 18.4 Å². The zero-order valence-corrected chi connectivity index (χ0v) is 15.1. The molecule has 0 bridgehead atoms. The average molecular weight is 357 g/mol. The Morgan fingerprint density at radius 1 is 1.20 bits per heavy atom. The van der Waals surface area contributed by atoms with Crippen LogP contribution in [0.15, 0.2) is 42.5 Å². The van der Waals surface area contributed by atoms with Crippen molar-refractivity contribution in [2.75, 3.05) is 11.4 Å². The van der Waals surface area contributed by atoms with Gasteiger partial charge in [0.15, 0.2) is 0 Å². The summed E-state index contributed by atoms with van der Waals surface area (Å²) >= 11 is 5.95. The molecule has 0 spiro atoms. The Morgan fingerprint density at radius 2 is 2.00 bits per heavy atom. The van der Waals surface area contributed by atoms with Crippen LogP contribution in [-0.2, 0) is 16.1 Å². The zero-order valence-electron chi connectivity index (χ0n) is 14.4. The van der Waals surface area contributed by atoms with Gasteiger partial charge >= 0.3 is 0 Å². The molecule has 1 aliphatic heterocycles. The lowest BCUT2D eigenvalue weighted by atomic mass is 10.1. The molecule has 5 heteroatoms. The fraction of sp³-hybridized carbons (Fsp3) is 0.300. The lowest BCUT2D eigenvalue weighted by molar-refractivity contribution is -0.126. The number of benzene rings is 2. The van der Waals surface area contributed by atoms with E-state index in [1.807, 2.05) is 50.2 Å². The molecule has 2 amide bonds. The Balaban J connectivity index is 1.63. The van der Waals surface area contributed by atoms with Crippen molar-refractivity contribution in [1.29, 1.82) is 0 Å². The monoisotopic (exact) mass is 356 g/mol. The first-order valence-corrected chi connectivity index (χ1v) is 8.71. The van der Waals surface area contributed by atoms with Gasteiger partial charge in [0.05, 0.1) is 5.92 Å². The number of hydrogen-bond donors (Lipinski definition) is 1. The number of nitrogens with one attached hydrogen (secondary N) is 1. The van der Waals surface area contributed by atoms with Gasteiger partial charge in [-0.1, -0.05) is 29.8 Å². The molecule has 0 saturated carbocycles. The highest BCUT2D eigenvalue weighted by atomic mass is 35.5. The van der Waals surface area contributed by atoms with E-state index in [4.69, 9.17) is 11.6 Å². The van der Waals surface area contributed by atoms with E-state index >= 15 is 0 Å². The molecule has 1 fully saturated rings. The van der Waals surface area contributed by atoms with Crippen LogP contribution in [0.4, 0.5) is 5.69 Å². The molecule has 1 aliphatic rings. The molecule has 2 aromatic rings. The van der Waals surface area contributed by atoms with E-state index in [0.717, 1.165) is 16.8 Å². The van der Waals surface area contributed by atoms with Gasteiger partial charge < -0.3 is 10.2 Å². The lowest BCUT2D eigenvalue weighted by Gasteiger charge is -2.18. The summed E-state index contributed by atoms with van der Waals surface area (Å²) in [6.45, 7) is 4.89. The molecule has 25 heavy (non-hydrogen) atoms. The predicted molar refractivity (Wildman–Crippen MR) is 99.7 cm³/mol. The molecule has 1 atom stereocenters. The number of anilines is 1. The number of amides is 2. The molecule has 1 heterocycles. The summed E-state index contributed by atoms with van der Waals surface area (Å²) in [5.74, 6) is -0.431. The molecule has 3 rings (SSSR count). The van der Waals surface area contributed by atoms with Crippen LogP contribution in [0.1, 0.15) is 23.1 Å². The molecule has 4 nitrogen and oxygen atoms in total. The molecule has 0 unspecified atom stereocenters. The first-order chi connectivity index (χ1) is 11.9. The van der Waals surface area contributed by atoms with E-state index in [0.29, 0.717) is 18.1 Å². The summed E-state index contributed by atoms with van der Waals surface area (Å²) in [6, 6.07) is 13.3. The number of carbonyl (C=O) groups is 2. The van der Waals surface area contributed by atoms with Gasteiger partial charge in [0.1, 0.15) is 0 Å². The maximum Gasteiger partial charge on any atom is 0.227 e. The Kier molecular flexibility index (Phi) is 5.09. The maximum absolute atomic E-state index is 12.4. The van der Waals surface area contributed by atoms with Gasteiger partial charge in [-0.25, -0.2) is 0 Å². The SMILES string of the molecule is Cc1ccc(N2C[C@H](C(=O)NCc3cccc(Cl)c3)CC2=O)cc1C. The summed E-state index contributed by atoms with van der Waals surface area (Å²) in [5, 5.41) is 3.55. The van der Waals surface area contributed by atoms with E-state index < -0.39 is 0 Å². The fourth-order valence-electron chi connectivity index (χ4n) is 3.01. The minimum Gasteiger partial charge on any atom is -0.352 e. The molecule has 0 radical (unpaired) electrons. The van der Waals surface area contributed by atoms with Gasteiger partial charge in [0.25, 0.3) is 0 Å². The number of aryl methyl sites for hydroxylation is 2. The van der Waals surface area contributed by atoms with Crippen LogP contribution in [0.2, 0.25) is 5.02 Å². The van der Waals surface area contributed by atoms with Crippen LogP contribution >= 0.6 is 11.6 Å². The topological polar surface area (TPSA) is 49.4 Å². The normalized spacial score (nSPS) is 17.0. The number of rotatable bonds is 4. The van der Waals surface area contributed by atoms with E-state index in [1.54, 1.807) is 11.0 Å². The number of halogens is 1. The third-order valence-corrected chi connectivity index (χ3v) is 4.89. The molecular weight excluding hydrogens is 336 g/mol. The molecule has 0 aliphatic carbocycles. The molecule has 130 valence electrons. The van der Waals surface area contributed by atoms with E-state index in [2.05, 4.69) is 5.32 Å². The van der Waals surface area contributed by atoms with E-state index in [9.17, 15) is 9.59 Å². The Bertz CT molecular complexity index is 819. The van der Waals surface area contributed by atoms with Crippen LogP contribution in [0.25, 0.3) is 0 Å². The van der Waals surface area contributed by atoms with Gasteiger partial charge in [-0.05, 0) is 54.8 Å². The number of carbonyl (C=O) groups excluding carboxylic acids is 2. The highest BCUT2D eigenvalue weighted by Gasteiger charge is 2.35. The van der Waals surface area contributed by atoms with Crippen molar-refractivity contribution in [3.63, 3.8) is 0 Å². The first kappa shape index (κ1) is 17.5. The van der Waals surface area contributed by atoms with Crippen molar-refractivity contribution >= 4 is 29.1 Å². The molecule has 1 saturated heterocycles. The minimum absolute atomic E-state index is 0.00819. The fourth-order valence-corrected chi connectivity index (χ4v) is 3.22. The molecule has 2 aromatic carbocycles. The van der Waals surface area contributed by atoms with Gasteiger partial charge in [0, 0.05) is 30.2 Å². The van der Waals surface area contributed by atoms with Crippen LogP contribution in [0.5, 0.6) is 0 Å². The zero-order chi connectivity index (χ0) is 18.0. The Hall–Kier alpha value is -2.33. The molecular formula is C20H21ClN2O2. The van der Waals surface area contributed by atoms with Crippen molar-refractivity contribution in [3.05, 3.63) is 64.2 Å². The van der Waals surface area contributed by atoms with Gasteiger partial charge in [-0.3, -0.25) is 9.59 Å². The standard InChI is InChI=1S/C20H21ClN2O2/c1-13-6-7-18(8-14(13)2)23-12-16(10-19(23)24)20(25)22-11-15-4-3-5-17(21)9-15/h3-9,16H,10-12H2,1-2H3,(H,22,25)/t16-/m1/s1. The summed E-state index contributed by atoms with van der Waals surface area (Å²) < 4.78 is 0. The minimum atomic E-state index is -0.326. The highest BCUT2D eigenvalue weighted by Crippen LogP contribution is 2.27. The predicted octanol–water partition coefficient (Wildman–Crippen LogP) is 3.63. The third-order valence-electron chi connectivity index (χ3n) is 4.65. The average Bonchev–Trinajstić information content (AvgIpc) is 2.97. The van der Waals surface area contributed by atoms with Crippen molar-refractivity contribution in [1.82, 2.24) is 5.32 Å². The van der Waals surface area contributed by atoms with Gasteiger partial charge in [-0.2, -0.15) is 0 Å². The smallest absolute Gasteiger partial charge is 0.227 e. The molecule has 1 N–H and O–H groups in total. The van der Waals surface area contributed by atoms with Crippen LogP contribution in [0.3, 0.4) is 0 Å². The van der Waals surface area contributed by atoms with Crippen molar-refractivity contribution in [3.8, 4) is 0 Å². The van der Waals surface area contributed by atoms with E-state index in [-0.39, 0.29) is 24.2 Å². The second-order valence-electron chi connectivity index (χ2n) is 6.52. The summed E-state index contributed by atoms with van der Waals surface area (Å²) in [5.41, 5.74) is 4.12. The summed E-state index contributed by atoms with van der Waals surface area (Å²) in [7, 11) is 0. The van der Waals surface area contributed by atoms with Gasteiger partial charge in [0.2, 0.25) is 11.8 Å². The first-order valence-electron chi connectivity index (χ1n) is 8.34. The van der Waals surface area contributed by atoms with Gasteiger partial charge in [-0.15, -0.1) is 0 Å². The number of nitrogens with zero attached hydrogens (tertiary/aromatic N) is 1. The van der Waals surface area contributed by atoms with Crippen LogP contribution < -0.4 is 10.2 Å². The van der Waals surface area contributed by atoms with Crippen molar-refractivity contribution in [2.45, 2.75) is 26.8 Å². The molecule has 0 aromatic heterocycles. The second kappa shape index (κ2) is 7.28. The van der Waals surface area contributed by atoms with Crippen molar-refractivity contribution < 1.29 is 9.59 Å². The Morgan fingerprint density at radius 3 is 2.72 bits per heavy atom. The maximum atomic E-state index is 12.4. The summed E-state index contributed by atoms with van der Waals surface area (Å²) in [6.07, 6.45) is 0.244. The third kappa shape index (κ3) is 4.02. The number of hydrogen-bond acceptors (Lipinski definition) is 2. The second-order valence-corrected chi connectivity index (χ2v) is 6.96. The Labute approximate surface area is 152 Å².